The van der Waals surface area contributed by atoms with E-state index in [9.17, 15) is 0 Å². The highest BCUT2D eigenvalue weighted by molar-refractivity contribution is 7.00. The van der Waals surface area contributed by atoms with Crippen molar-refractivity contribution in [2.75, 3.05) is 14.7 Å². The van der Waals surface area contributed by atoms with Crippen molar-refractivity contribution in [1.82, 2.24) is 0 Å². The molecule has 3 nitrogen and oxygen atoms in total. The molecule has 0 spiro atoms. The maximum absolute atomic E-state index is 2.83. The van der Waals surface area contributed by atoms with Crippen LogP contribution in [0, 0.1) is 10.8 Å². The van der Waals surface area contributed by atoms with Crippen LogP contribution in [-0.4, -0.2) is 12.3 Å². The first-order valence-corrected chi connectivity index (χ1v) is 27.3. The highest BCUT2D eigenvalue weighted by Gasteiger charge is 2.70. The van der Waals surface area contributed by atoms with Crippen LogP contribution in [0.1, 0.15) is 192 Å². The van der Waals surface area contributed by atoms with Crippen LogP contribution < -0.4 is 31.1 Å². The first-order valence-electron chi connectivity index (χ1n) is 27.3. The summed E-state index contributed by atoms with van der Waals surface area (Å²) in [6, 6.07) is 46.6. The van der Waals surface area contributed by atoms with Crippen LogP contribution in [0.25, 0.3) is 0 Å². The van der Waals surface area contributed by atoms with Crippen molar-refractivity contribution in [2.45, 2.75) is 196 Å². The second-order valence-corrected chi connectivity index (χ2v) is 29.4. The fourth-order valence-corrected chi connectivity index (χ4v) is 13.6. The molecule has 1 aliphatic carbocycles. The summed E-state index contributed by atoms with van der Waals surface area (Å²) in [7, 11) is 0. The first kappa shape index (κ1) is 50.3. The van der Waals surface area contributed by atoms with Gasteiger partial charge < -0.3 is 14.7 Å². The Kier molecular flexibility index (Phi) is 10.9. The zero-order valence-corrected chi connectivity index (χ0v) is 48.3. The molecular formula is C68H86BN3. The highest BCUT2D eigenvalue weighted by Crippen LogP contribution is 2.71. The largest absolute Gasteiger partial charge is 0.334 e. The molecule has 376 valence electrons. The predicted octanol–water partition coefficient (Wildman–Crippen LogP) is 17.3. The third kappa shape index (κ3) is 7.32. The number of benzene rings is 6. The van der Waals surface area contributed by atoms with Crippen LogP contribution in [0.15, 0.2) is 115 Å². The van der Waals surface area contributed by atoms with Crippen LogP contribution in [0.3, 0.4) is 0 Å². The fourth-order valence-electron chi connectivity index (χ4n) is 13.6. The quantitative estimate of drug-likeness (QED) is 0.163. The van der Waals surface area contributed by atoms with Crippen molar-refractivity contribution in [1.29, 1.82) is 0 Å². The van der Waals surface area contributed by atoms with Gasteiger partial charge in [-0.25, -0.2) is 0 Å². The van der Waals surface area contributed by atoms with E-state index in [2.05, 4.69) is 275 Å². The second kappa shape index (κ2) is 15.7. The molecular weight excluding hydrogens is 870 g/mol. The average Bonchev–Trinajstić information content (AvgIpc) is 3.50. The van der Waals surface area contributed by atoms with Crippen LogP contribution in [-0.2, 0) is 32.5 Å². The van der Waals surface area contributed by atoms with Gasteiger partial charge in [-0.1, -0.05) is 193 Å². The average molecular weight is 956 g/mol. The number of fused-ring (bicyclic) bond motifs is 7. The van der Waals surface area contributed by atoms with Crippen LogP contribution in [0.2, 0.25) is 0 Å². The van der Waals surface area contributed by atoms with Crippen molar-refractivity contribution >= 4 is 68.6 Å². The Morgan fingerprint density at radius 1 is 0.375 bits per heavy atom. The number of hydrogen-bond acceptors (Lipinski definition) is 3. The van der Waals surface area contributed by atoms with Crippen molar-refractivity contribution < 1.29 is 0 Å². The fraction of sp³-hybridized carbons (Fsp3) is 0.471. The van der Waals surface area contributed by atoms with Crippen molar-refractivity contribution in [3.8, 4) is 0 Å². The number of hydrogen-bond donors (Lipinski definition) is 0. The zero-order valence-electron chi connectivity index (χ0n) is 48.3. The lowest BCUT2D eigenvalue weighted by Gasteiger charge is -2.65. The molecule has 2 atom stereocenters. The predicted molar refractivity (Wildman–Crippen MR) is 315 cm³/mol. The minimum atomic E-state index is -0.240. The Labute approximate surface area is 436 Å². The molecule has 4 aliphatic rings. The third-order valence-corrected chi connectivity index (χ3v) is 19.1. The molecule has 6 aromatic carbocycles. The van der Waals surface area contributed by atoms with E-state index in [4.69, 9.17) is 0 Å². The number of anilines is 8. The molecule has 0 saturated heterocycles. The Morgan fingerprint density at radius 2 is 0.819 bits per heavy atom. The van der Waals surface area contributed by atoms with Crippen LogP contribution in [0.5, 0.6) is 0 Å². The van der Waals surface area contributed by atoms with Gasteiger partial charge in [-0.2, -0.15) is 0 Å². The molecule has 0 N–H and O–H groups in total. The molecule has 0 aromatic heterocycles. The van der Waals surface area contributed by atoms with E-state index in [-0.39, 0.29) is 55.6 Å². The van der Waals surface area contributed by atoms with E-state index in [0.29, 0.717) is 0 Å². The lowest BCUT2D eigenvalue weighted by molar-refractivity contribution is -0.0415. The molecule has 0 radical (unpaired) electrons. The lowest BCUT2D eigenvalue weighted by atomic mass is 9.33. The summed E-state index contributed by atoms with van der Waals surface area (Å²) < 4.78 is 0. The summed E-state index contributed by atoms with van der Waals surface area (Å²) in [6.45, 7) is 50.8. The minimum Gasteiger partial charge on any atom is -0.334 e. The normalized spacial score (nSPS) is 21.2. The molecule has 1 fully saturated rings. The molecule has 6 aromatic rings. The van der Waals surface area contributed by atoms with Crippen molar-refractivity contribution in [3.05, 3.63) is 149 Å². The van der Waals surface area contributed by atoms with Gasteiger partial charge in [0.1, 0.15) is 0 Å². The Balaban J connectivity index is 1.31. The molecule has 0 amide bonds. The molecule has 4 heteroatoms. The van der Waals surface area contributed by atoms with Gasteiger partial charge in [-0.05, 0) is 168 Å². The second-order valence-electron chi connectivity index (χ2n) is 29.4. The van der Waals surface area contributed by atoms with Gasteiger partial charge in [0.15, 0.2) is 0 Å². The van der Waals surface area contributed by atoms with Gasteiger partial charge >= 0.3 is 0 Å². The number of nitrogens with zero attached hydrogens (tertiary/aromatic N) is 3. The lowest BCUT2D eigenvalue weighted by Crippen LogP contribution is -2.69. The van der Waals surface area contributed by atoms with Crippen molar-refractivity contribution in [2.24, 2.45) is 10.8 Å². The molecule has 3 heterocycles. The summed E-state index contributed by atoms with van der Waals surface area (Å²) in [5, 5.41) is 0. The molecule has 10 rings (SSSR count). The van der Waals surface area contributed by atoms with Crippen LogP contribution >= 0.6 is 0 Å². The third-order valence-electron chi connectivity index (χ3n) is 19.1. The summed E-state index contributed by atoms with van der Waals surface area (Å²) in [5.41, 5.74) is 22.0. The Morgan fingerprint density at radius 3 is 1.39 bits per heavy atom. The van der Waals surface area contributed by atoms with E-state index in [1.54, 1.807) is 0 Å². The van der Waals surface area contributed by atoms with Crippen LogP contribution in [0.4, 0.5) is 45.5 Å². The van der Waals surface area contributed by atoms with E-state index < -0.39 is 0 Å². The topological polar surface area (TPSA) is 9.72 Å². The Bertz CT molecular complexity index is 3150. The van der Waals surface area contributed by atoms with Gasteiger partial charge in [0.25, 0.3) is 6.71 Å². The van der Waals surface area contributed by atoms with E-state index in [1.807, 2.05) is 0 Å². The van der Waals surface area contributed by atoms with Gasteiger partial charge in [0.05, 0.1) is 5.54 Å². The molecule has 0 bridgehead atoms. The van der Waals surface area contributed by atoms with Gasteiger partial charge in [0, 0.05) is 50.9 Å². The minimum absolute atomic E-state index is 0.000494. The smallest absolute Gasteiger partial charge is 0.252 e. The molecule has 1 saturated carbocycles. The summed E-state index contributed by atoms with van der Waals surface area (Å²) >= 11 is 0. The zero-order chi connectivity index (χ0) is 52.5. The maximum Gasteiger partial charge on any atom is 0.252 e. The molecule has 3 aliphatic heterocycles. The summed E-state index contributed by atoms with van der Waals surface area (Å²) in [4.78, 5) is 8.12. The standard InChI is InChI=1S/C68H86BN3/c1-60(2,3)43-25-29-48(30-26-43)70-56-42-50(72-54-34-28-45(62(7,8)9)38-51(54)67(20)65(16,17)35-36-66(18,19)68(67,72)21)31-33-53(56)69-52-32-27-46(63(10,11)12)39-55(52)71(49-24-22-23-44(37-49)61(4,5)6)58-41-47(64(13,14)15)40-57(70)59(58)69/h22-34,37-42H,35-36H2,1-21H3. The number of rotatable bonds is 3. The molecule has 72 heavy (non-hydrogen) atoms. The van der Waals surface area contributed by atoms with Crippen molar-refractivity contribution in [3.63, 3.8) is 0 Å². The first-order chi connectivity index (χ1) is 33.1. The van der Waals surface area contributed by atoms with Gasteiger partial charge in [0.2, 0.25) is 0 Å². The Hall–Kier alpha value is -5.22. The summed E-state index contributed by atoms with van der Waals surface area (Å²) in [6.07, 6.45) is 2.35. The van der Waals surface area contributed by atoms with E-state index in [1.165, 1.54) is 102 Å². The van der Waals surface area contributed by atoms with E-state index in [0.717, 1.165) is 6.42 Å². The molecule has 2 unspecified atom stereocenters. The SMILES string of the molecule is CC(C)(C)c1ccc(N2c3cc(N4c5ccc(C(C)(C)C)cc5C5(C)C(C)(C)CCC(C)(C)C45C)ccc3B3c4ccc(C(C)(C)C)cc4N(c4cccc(C(C)(C)C)c4)c4cc(C(C)(C)C)cc2c43)cc1. The van der Waals surface area contributed by atoms with E-state index >= 15 is 0 Å². The van der Waals surface area contributed by atoms with Gasteiger partial charge in [-0.3, -0.25) is 0 Å². The monoisotopic (exact) mass is 956 g/mol. The highest BCUT2D eigenvalue weighted by atomic mass is 15.3. The maximum atomic E-state index is 2.83. The summed E-state index contributed by atoms with van der Waals surface area (Å²) in [5.74, 6) is 0. The van der Waals surface area contributed by atoms with Gasteiger partial charge in [-0.15, -0.1) is 0 Å².